The molecule has 4 unspecified atom stereocenters. The van der Waals surface area contributed by atoms with Gasteiger partial charge in [0.2, 0.25) is 0 Å². The fourth-order valence-corrected chi connectivity index (χ4v) is 0.615. The van der Waals surface area contributed by atoms with E-state index in [2.05, 4.69) is 0 Å². The number of hydrogen-bond acceptors (Lipinski definition) is 6. The molecule has 0 aliphatic heterocycles. The van der Waals surface area contributed by atoms with Gasteiger partial charge in [-0.3, -0.25) is 0 Å². The van der Waals surface area contributed by atoms with Gasteiger partial charge in [-0.2, -0.15) is 0 Å². The number of aldehydes is 1. The largest absolute Gasteiger partial charge is 0.479 e. The van der Waals surface area contributed by atoms with Crippen molar-refractivity contribution in [1.82, 2.24) is 0 Å². The molecule has 0 fully saturated rings. The molecule has 0 saturated heterocycles. The number of aliphatic carboxylic acids is 1. The van der Waals surface area contributed by atoms with Crippen LogP contribution < -0.4 is 0 Å². The summed E-state index contributed by atoms with van der Waals surface area (Å²) in [4.78, 5) is 20.0. The van der Waals surface area contributed by atoms with E-state index < -0.39 is 30.4 Å². The van der Waals surface area contributed by atoms with Crippen molar-refractivity contribution in [3.05, 3.63) is 0 Å². The van der Waals surface area contributed by atoms with Gasteiger partial charge >= 0.3 is 5.97 Å². The van der Waals surface area contributed by atoms with E-state index in [9.17, 15) is 9.59 Å². The first-order valence-electron chi connectivity index (χ1n) is 3.32. The van der Waals surface area contributed by atoms with Gasteiger partial charge < -0.3 is 30.3 Å². The number of rotatable bonds is 5. The smallest absolute Gasteiger partial charge is 0.335 e. The van der Waals surface area contributed by atoms with Crippen LogP contribution >= 0.6 is 17.0 Å². The molecule has 84 valence electrons. The van der Waals surface area contributed by atoms with Crippen molar-refractivity contribution in [2.75, 3.05) is 0 Å². The maximum Gasteiger partial charge on any atom is 0.335 e. The van der Waals surface area contributed by atoms with Crippen LogP contribution in [0.4, 0.5) is 0 Å². The Morgan fingerprint density at radius 1 is 1.07 bits per heavy atom. The first kappa shape index (κ1) is 15.9. The molecule has 0 aromatic rings. The van der Waals surface area contributed by atoms with Gasteiger partial charge in [-0.15, -0.1) is 17.0 Å². The van der Waals surface area contributed by atoms with E-state index >= 15 is 0 Å². The molecule has 5 N–H and O–H groups in total. The van der Waals surface area contributed by atoms with Crippen molar-refractivity contribution in [1.29, 1.82) is 0 Å². The third kappa shape index (κ3) is 4.11. The van der Waals surface area contributed by atoms with Crippen LogP contribution in [0, 0.1) is 0 Å². The van der Waals surface area contributed by atoms with E-state index in [0.717, 1.165) is 0 Å². The van der Waals surface area contributed by atoms with Crippen molar-refractivity contribution >= 4 is 29.2 Å². The van der Waals surface area contributed by atoms with E-state index in [-0.39, 0.29) is 23.3 Å². The Bertz CT molecular complexity index is 197. The van der Waals surface area contributed by atoms with Crippen LogP contribution in [0.5, 0.6) is 0 Å². The maximum atomic E-state index is 10.1. The first-order chi connectivity index (χ1) is 5.91. The molecule has 0 saturated carbocycles. The molecular formula is C6H11BrO7. The molecule has 0 aliphatic rings. The predicted octanol–water partition coefficient (Wildman–Crippen LogP) is -2.71. The number of carbonyl (C=O) groups excluding carboxylic acids is 1. The summed E-state index contributed by atoms with van der Waals surface area (Å²) in [5.41, 5.74) is 0. The fraction of sp³-hybridized carbons (Fsp3) is 0.667. The molecule has 0 amide bonds. The molecule has 0 bridgehead atoms. The molecule has 0 aromatic carbocycles. The SMILES string of the molecule is Br.O=CC(O)C(O)C(O)C(O)C(=O)O. The number of hydrogen-bond donors (Lipinski definition) is 5. The Morgan fingerprint density at radius 2 is 1.50 bits per heavy atom. The van der Waals surface area contributed by atoms with Crippen molar-refractivity contribution in [2.45, 2.75) is 24.4 Å². The average molecular weight is 275 g/mol. The van der Waals surface area contributed by atoms with Crippen molar-refractivity contribution < 1.29 is 35.1 Å². The minimum absolute atomic E-state index is 0. The molecule has 8 heteroatoms. The molecule has 0 aromatic heterocycles. The van der Waals surface area contributed by atoms with Crippen LogP contribution in [0.15, 0.2) is 0 Å². The van der Waals surface area contributed by atoms with E-state index in [1.807, 2.05) is 0 Å². The second kappa shape index (κ2) is 6.85. The van der Waals surface area contributed by atoms with E-state index in [1.54, 1.807) is 0 Å². The van der Waals surface area contributed by atoms with Crippen LogP contribution in [0.3, 0.4) is 0 Å². The van der Waals surface area contributed by atoms with E-state index in [0.29, 0.717) is 0 Å². The number of halogens is 1. The highest BCUT2D eigenvalue weighted by molar-refractivity contribution is 8.93. The lowest BCUT2D eigenvalue weighted by molar-refractivity contribution is -0.163. The summed E-state index contributed by atoms with van der Waals surface area (Å²) in [6.07, 6.45) is -8.39. The molecule has 0 rings (SSSR count). The summed E-state index contributed by atoms with van der Waals surface area (Å²) in [6, 6.07) is 0. The zero-order valence-corrected chi connectivity index (χ0v) is 8.56. The molecular weight excluding hydrogens is 264 g/mol. The summed E-state index contributed by atoms with van der Waals surface area (Å²) in [5.74, 6) is -1.76. The van der Waals surface area contributed by atoms with Gasteiger partial charge in [0.1, 0.15) is 18.3 Å². The fourth-order valence-electron chi connectivity index (χ4n) is 0.615. The van der Waals surface area contributed by atoms with Gasteiger partial charge in [-0.05, 0) is 0 Å². The Morgan fingerprint density at radius 3 is 1.79 bits per heavy atom. The van der Waals surface area contributed by atoms with E-state index in [1.165, 1.54) is 0 Å². The Hall–Kier alpha value is -0.540. The summed E-state index contributed by atoms with van der Waals surface area (Å²) >= 11 is 0. The molecule has 0 heterocycles. The summed E-state index contributed by atoms with van der Waals surface area (Å²) in [7, 11) is 0. The third-order valence-corrected chi connectivity index (χ3v) is 1.42. The van der Waals surface area contributed by atoms with Crippen LogP contribution in [-0.2, 0) is 9.59 Å². The third-order valence-electron chi connectivity index (χ3n) is 1.42. The lowest BCUT2D eigenvalue weighted by Gasteiger charge is -2.21. The van der Waals surface area contributed by atoms with E-state index in [4.69, 9.17) is 25.5 Å². The predicted molar refractivity (Wildman–Crippen MR) is 48.0 cm³/mol. The second-order valence-electron chi connectivity index (χ2n) is 2.39. The minimum Gasteiger partial charge on any atom is -0.479 e. The molecule has 0 spiro atoms. The zero-order valence-electron chi connectivity index (χ0n) is 6.85. The summed E-state index contributed by atoms with van der Waals surface area (Å²) < 4.78 is 0. The van der Waals surface area contributed by atoms with Gasteiger partial charge in [0.25, 0.3) is 0 Å². The van der Waals surface area contributed by atoms with Gasteiger partial charge in [0.05, 0.1) is 0 Å². The highest BCUT2D eigenvalue weighted by atomic mass is 79.9. The lowest BCUT2D eigenvalue weighted by Crippen LogP contribution is -2.48. The second-order valence-corrected chi connectivity index (χ2v) is 2.39. The van der Waals surface area contributed by atoms with Gasteiger partial charge in [-0.25, -0.2) is 4.79 Å². The van der Waals surface area contributed by atoms with Crippen molar-refractivity contribution in [3.8, 4) is 0 Å². The van der Waals surface area contributed by atoms with Crippen LogP contribution in [0.2, 0.25) is 0 Å². The lowest BCUT2D eigenvalue weighted by atomic mass is 10.0. The molecule has 7 nitrogen and oxygen atoms in total. The molecule has 0 aliphatic carbocycles. The number of carboxylic acid groups (broad SMARTS) is 1. The number of carbonyl (C=O) groups is 2. The molecule has 0 radical (unpaired) electrons. The molecule has 14 heavy (non-hydrogen) atoms. The Balaban J connectivity index is 0. The average Bonchev–Trinajstić information content (AvgIpc) is 2.12. The van der Waals surface area contributed by atoms with Crippen molar-refractivity contribution in [3.63, 3.8) is 0 Å². The van der Waals surface area contributed by atoms with Crippen molar-refractivity contribution in [2.24, 2.45) is 0 Å². The summed E-state index contributed by atoms with van der Waals surface area (Å²) in [5, 5.41) is 43.2. The zero-order chi connectivity index (χ0) is 10.6. The number of carboxylic acids is 1. The maximum absolute atomic E-state index is 10.1. The van der Waals surface area contributed by atoms with Crippen LogP contribution in [0.1, 0.15) is 0 Å². The topological polar surface area (TPSA) is 135 Å². The van der Waals surface area contributed by atoms with Crippen LogP contribution in [-0.4, -0.2) is 62.2 Å². The Labute approximate surface area is 89.4 Å². The summed E-state index contributed by atoms with van der Waals surface area (Å²) in [6.45, 7) is 0. The number of aliphatic hydroxyl groups is 4. The quantitative estimate of drug-likeness (QED) is 0.344. The van der Waals surface area contributed by atoms with Crippen LogP contribution in [0.25, 0.3) is 0 Å². The number of aliphatic hydroxyl groups excluding tert-OH is 4. The normalized spacial score (nSPS) is 18.6. The minimum atomic E-state index is -2.25. The van der Waals surface area contributed by atoms with Gasteiger partial charge in [0.15, 0.2) is 12.4 Å². The van der Waals surface area contributed by atoms with Gasteiger partial charge in [-0.1, -0.05) is 0 Å². The standard InChI is InChI=1S/C6H10O7.BrH/c7-1-2(8)3(9)4(10)5(11)6(12)13;/h1-5,8-11H,(H,12,13);1H. The monoisotopic (exact) mass is 274 g/mol. The van der Waals surface area contributed by atoms with Gasteiger partial charge in [0, 0.05) is 0 Å². The highest BCUT2D eigenvalue weighted by Gasteiger charge is 2.33. The molecule has 4 atom stereocenters. The first-order valence-corrected chi connectivity index (χ1v) is 3.32. The highest BCUT2D eigenvalue weighted by Crippen LogP contribution is 2.03. The Kier molecular flexibility index (Phi) is 7.78.